The lowest BCUT2D eigenvalue weighted by molar-refractivity contribution is -0.384. The van der Waals surface area contributed by atoms with Gasteiger partial charge in [-0.3, -0.25) is 14.9 Å². The summed E-state index contributed by atoms with van der Waals surface area (Å²) in [6.07, 6.45) is 1.99. The van der Waals surface area contributed by atoms with Gasteiger partial charge in [-0.05, 0) is 39.2 Å². The molecule has 0 bridgehead atoms. The highest BCUT2D eigenvalue weighted by atomic mass is 32.2. The summed E-state index contributed by atoms with van der Waals surface area (Å²) in [4.78, 5) is 22.6. The molecule has 0 saturated heterocycles. The van der Waals surface area contributed by atoms with Crippen molar-refractivity contribution in [1.29, 1.82) is 0 Å². The lowest BCUT2D eigenvalue weighted by Gasteiger charge is -2.22. The molecule has 1 amide bonds. The summed E-state index contributed by atoms with van der Waals surface area (Å²) in [6, 6.07) is 4.34. The van der Waals surface area contributed by atoms with Crippen LogP contribution in [0.15, 0.2) is 18.2 Å². The van der Waals surface area contributed by atoms with E-state index in [1.165, 1.54) is 18.2 Å². The maximum atomic E-state index is 12.1. The fraction of sp³-hybridized carbons (Fsp3) is 0.500. The van der Waals surface area contributed by atoms with Gasteiger partial charge in [0.2, 0.25) is 0 Å². The second kappa shape index (κ2) is 7.31. The normalized spacial score (nSPS) is 11.0. The molecule has 0 spiro atoms. The zero-order valence-electron chi connectivity index (χ0n) is 12.7. The van der Waals surface area contributed by atoms with Crippen LogP contribution in [0.3, 0.4) is 0 Å². The SMILES string of the molecule is CCNc1cc(C(=O)NCC(C)(C)SC)ccc1[N+](=O)[O-]. The molecule has 0 aliphatic rings. The van der Waals surface area contributed by atoms with Crippen molar-refractivity contribution in [3.63, 3.8) is 0 Å². The summed E-state index contributed by atoms with van der Waals surface area (Å²) < 4.78 is -0.0546. The first-order valence-electron chi connectivity index (χ1n) is 6.66. The van der Waals surface area contributed by atoms with Gasteiger partial charge in [0.1, 0.15) is 5.69 Å². The van der Waals surface area contributed by atoms with Crippen LogP contribution in [-0.4, -0.2) is 34.9 Å². The number of nitrogens with zero attached hydrogens (tertiary/aromatic N) is 1. The van der Waals surface area contributed by atoms with Crippen LogP contribution in [0.4, 0.5) is 11.4 Å². The van der Waals surface area contributed by atoms with Crippen molar-refractivity contribution in [2.45, 2.75) is 25.5 Å². The number of hydrogen-bond donors (Lipinski definition) is 2. The van der Waals surface area contributed by atoms with Gasteiger partial charge in [-0.25, -0.2) is 0 Å². The molecule has 1 rings (SSSR count). The number of carbonyl (C=O) groups excluding carboxylic acids is 1. The van der Waals surface area contributed by atoms with Crippen molar-refractivity contribution in [2.75, 3.05) is 24.7 Å². The van der Waals surface area contributed by atoms with Crippen molar-refractivity contribution >= 4 is 29.0 Å². The molecule has 0 aromatic heterocycles. The van der Waals surface area contributed by atoms with E-state index >= 15 is 0 Å². The maximum Gasteiger partial charge on any atom is 0.292 e. The van der Waals surface area contributed by atoms with Gasteiger partial charge < -0.3 is 10.6 Å². The second-order valence-electron chi connectivity index (χ2n) is 5.17. The van der Waals surface area contributed by atoms with E-state index in [1.807, 2.05) is 27.0 Å². The Morgan fingerprint density at radius 3 is 2.62 bits per heavy atom. The molecule has 21 heavy (non-hydrogen) atoms. The minimum absolute atomic E-state index is 0.0298. The predicted molar refractivity (Wildman–Crippen MR) is 87.2 cm³/mol. The third kappa shape index (κ3) is 4.93. The lowest BCUT2D eigenvalue weighted by atomic mass is 10.1. The molecular weight excluding hydrogens is 290 g/mol. The average Bonchev–Trinajstić information content (AvgIpc) is 2.45. The van der Waals surface area contributed by atoms with Crippen molar-refractivity contribution in [3.05, 3.63) is 33.9 Å². The Morgan fingerprint density at radius 2 is 2.10 bits per heavy atom. The molecule has 0 aliphatic heterocycles. The van der Waals surface area contributed by atoms with Crippen LogP contribution in [0.1, 0.15) is 31.1 Å². The number of thioether (sulfide) groups is 1. The summed E-state index contributed by atoms with van der Waals surface area (Å²) in [6.45, 7) is 7.00. The number of nitro groups is 1. The van der Waals surface area contributed by atoms with Gasteiger partial charge >= 0.3 is 0 Å². The molecule has 2 N–H and O–H groups in total. The Hall–Kier alpha value is -1.76. The number of carbonyl (C=O) groups is 1. The van der Waals surface area contributed by atoms with Crippen LogP contribution in [0.25, 0.3) is 0 Å². The number of amides is 1. The number of anilines is 1. The van der Waals surface area contributed by atoms with Gasteiger partial charge in [-0.2, -0.15) is 11.8 Å². The molecule has 0 radical (unpaired) electrons. The van der Waals surface area contributed by atoms with E-state index in [0.29, 0.717) is 24.3 Å². The molecule has 0 unspecified atom stereocenters. The fourth-order valence-corrected chi connectivity index (χ4v) is 1.85. The monoisotopic (exact) mass is 311 g/mol. The first-order chi connectivity index (χ1) is 9.80. The molecule has 0 fully saturated rings. The zero-order chi connectivity index (χ0) is 16.0. The smallest absolute Gasteiger partial charge is 0.292 e. The topological polar surface area (TPSA) is 84.3 Å². The fourth-order valence-electron chi connectivity index (χ4n) is 1.64. The van der Waals surface area contributed by atoms with Crippen LogP contribution >= 0.6 is 11.8 Å². The Balaban J connectivity index is 2.90. The first-order valence-corrected chi connectivity index (χ1v) is 7.89. The molecule has 116 valence electrons. The first kappa shape index (κ1) is 17.3. The number of nitro benzene ring substituents is 1. The van der Waals surface area contributed by atoms with E-state index in [4.69, 9.17) is 0 Å². The highest BCUT2D eigenvalue weighted by Crippen LogP contribution is 2.25. The van der Waals surface area contributed by atoms with Crippen LogP contribution in [-0.2, 0) is 0 Å². The van der Waals surface area contributed by atoms with Crippen molar-refractivity contribution in [1.82, 2.24) is 5.32 Å². The third-order valence-electron chi connectivity index (χ3n) is 3.05. The number of hydrogen-bond acceptors (Lipinski definition) is 5. The van der Waals surface area contributed by atoms with Crippen LogP contribution in [0.5, 0.6) is 0 Å². The van der Waals surface area contributed by atoms with Crippen molar-refractivity contribution in [2.24, 2.45) is 0 Å². The average molecular weight is 311 g/mol. The van der Waals surface area contributed by atoms with Crippen LogP contribution < -0.4 is 10.6 Å². The van der Waals surface area contributed by atoms with Crippen molar-refractivity contribution in [3.8, 4) is 0 Å². The van der Waals surface area contributed by atoms with Crippen molar-refractivity contribution < 1.29 is 9.72 Å². The Bertz CT molecular complexity index is 532. The summed E-state index contributed by atoms with van der Waals surface area (Å²) in [5.74, 6) is -0.230. The number of rotatable bonds is 7. The number of benzene rings is 1. The van der Waals surface area contributed by atoms with Crippen LogP contribution in [0, 0.1) is 10.1 Å². The van der Waals surface area contributed by atoms with Crippen LogP contribution in [0.2, 0.25) is 0 Å². The summed E-state index contributed by atoms with van der Waals surface area (Å²) >= 11 is 1.67. The maximum absolute atomic E-state index is 12.1. The third-order valence-corrected chi connectivity index (χ3v) is 4.30. The summed E-state index contributed by atoms with van der Waals surface area (Å²) in [7, 11) is 0. The molecule has 0 saturated carbocycles. The molecule has 0 heterocycles. The Kier molecular flexibility index (Phi) is 6.02. The van der Waals surface area contributed by atoms with E-state index in [2.05, 4.69) is 10.6 Å². The van der Waals surface area contributed by atoms with Gasteiger partial charge in [0.15, 0.2) is 0 Å². The molecule has 1 aromatic rings. The van der Waals surface area contributed by atoms with Gasteiger partial charge in [-0.15, -0.1) is 0 Å². The van der Waals surface area contributed by atoms with E-state index in [9.17, 15) is 14.9 Å². The quantitative estimate of drug-likeness (QED) is 0.597. The summed E-state index contributed by atoms with van der Waals surface area (Å²) in [5, 5.41) is 16.7. The summed E-state index contributed by atoms with van der Waals surface area (Å²) in [5.41, 5.74) is 0.741. The van der Waals surface area contributed by atoms with E-state index in [-0.39, 0.29) is 16.3 Å². The van der Waals surface area contributed by atoms with E-state index < -0.39 is 4.92 Å². The van der Waals surface area contributed by atoms with E-state index in [0.717, 1.165) is 0 Å². The standard InChI is InChI=1S/C14H21N3O3S/c1-5-15-11-8-10(6-7-12(11)17(19)20)13(18)16-9-14(2,3)21-4/h6-8,15H,5,9H2,1-4H3,(H,16,18). The highest BCUT2D eigenvalue weighted by molar-refractivity contribution is 7.99. The van der Waals surface area contributed by atoms with Gasteiger partial charge in [0.25, 0.3) is 11.6 Å². The van der Waals surface area contributed by atoms with E-state index in [1.54, 1.807) is 11.8 Å². The largest absolute Gasteiger partial charge is 0.380 e. The lowest BCUT2D eigenvalue weighted by Crippen LogP contribution is -2.36. The number of nitrogens with one attached hydrogen (secondary N) is 2. The van der Waals surface area contributed by atoms with Gasteiger partial charge in [-0.1, -0.05) is 0 Å². The zero-order valence-corrected chi connectivity index (χ0v) is 13.5. The van der Waals surface area contributed by atoms with Gasteiger partial charge in [0, 0.05) is 29.5 Å². The predicted octanol–water partition coefficient (Wildman–Crippen LogP) is 2.90. The second-order valence-corrected chi connectivity index (χ2v) is 6.68. The highest BCUT2D eigenvalue weighted by Gasteiger charge is 2.19. The minimum Gasteiger partial charge on any atom is -0.380 e. The molecular formula is C14H21N3O3S. The van der Waals surface area contributed by atoms with Gasteiger partial charge in [0.05, 0.1) is 4.92 Å². The molecule has 1 aromatic carbocycles. The Labute approximate surface area is 128 Å². The molecule has 0 aliphatic carbocycles. The minimum atomic E-state index is -0.462. The molecule has 6 nitrogen and oxygen atoms in total. The Morgan fingerprint density at radius 1 is 1.43 bits per heavy atom. The molecule has 0 atom stereocenters. The molecule has 7 heteroatoms.